The van der Waals surface area contributed by atoms with E-state index in [4.69, 9.17) is 5.73 Å². The largest absolute Gasteiger partial charge is 0.370 e. The van der Waals surface area contributed by atoms with Crippen LogP contribution >= 0.6 is 0 Å². The third-order valence-electron chi connectivity index (χ3n) is 4.45. The zero-order chi connectivity index (χ0) is 16.9. The summed E-state index contributed by atoms with van der Waals surface area (Å²) in [6.45, 7) is 6.92. The van der Waals surface area contributed by atoms with Crippen LogP contribution in [0.1, 0.15) is 29.5 Å². The lowest BCUT2D eigenvalue weighted by Gasteiger charge is -2.16. The highest BCUT2D eigenvalue weighted by Gasteiger charge is 2.13. The summed E-state index contributed by atoms with van der Waals surface area (Å²) in [5.41, 5.74) is 10.6. The van der Waals surface area contributed by atoms with E-state index in [-0.39, 0.29) is 0 Å². The molecule has 1 aromatic heterocycles. The molecule has 1 saturated heterocycles. The Labute approximate surface area is 143 Å². The molecule has 24 heavy (non-hydrogen) atoms. The summed E-state index contributed by atoms with van der Waals surface area (Å²) in [6.07, 6.45) is 4.35. The number of nitrogens with two attached hydrogens (primary N) is 1. The van der Waals surface area contributed by atoms with Crippen LogP contribution in [0.5, 0.6) is 0 Å². The highest BCUT2D eigenvalue weighted by Crippen LogP contribution is 2.19. The van der Waals surface area contributed by atoms with Gasteiger partial charge in [-0.1, -0.05) is 6.07 Å². The van der Waals surface area contributed by atoms with Crippen LogP contribution in [0.2, 0.25) is 0 Å². The molecule has 0 atom stereocenters. The molecule has 1 fully saturated rings. The second-order valence-electron chi connectivity index (χ2n) is 6.34. The number of hydrogen-bond donors (Lipinski definition) is 2. The summed E-state index contributed by atoms with van der Waals surface area (Å²) < 4.78 is 0. The molecule has 0 saturated carbocycles. The predicted molar refractivity (Wildman–Crippen MR) is 101 cm³/mol. The number of benzene rings is 1. The maximum Gasteiger partial charge on any atom is 0.193 e. The van der Waals surface area contributed by atoms with Gasteiger partial charge in [0.25, 0.3) is 0 Å². The Morgan fingerprint density at radius 2 is 1.96 bits per heavy atom. The smallest absolute Gasteiger partial charge is 0.193 e. The van der Waals surface area contributed by atoms with Gasteiger partial charge in [-0.25, -0.2) is 9.98 Å². The number of nitrogens with one attached hydrogen (secondary N) is 1. The Balaban J connectivity index is 1.64. The summed E-state index contributed by atoms with van der Waals surface area (Å²) in [5.74, 6) is 1.47. The predicted octanol–water partition coefficient (Wildman–Crippen LogP) is 3.23. The number of hydrogen-bond acceptors (Lipinski definition) is 3. The minimum absolute atomic E-state index is 0.429. The van der Waals surface area contributed by atoms with Crippen LogP contribution in [0, 0.1) is 13.8 Å². The Morgan fingerprint density at radius 3 is 2.71 bits per heavy atom. The van der Waals surface area contributed by atoms with Crippen molar-refractivity contribution in [3.05, 3.63) is 53.2 Å². The van der Waals surface area contributed by atoms with E-state index in [2.05, 4.69) is 52.2 Å². The number of aryl methyl sites for hydroxylation is 2. The number of guanidine groups is 1. The fourth-order valence-electron chi connectivity index (χ4n) is 2.86. The van der Waals surface area contributed by atoms with Crippen LogP contribution in [-0.4, -0.2) is 24.0 Å². The van der Waals surface area contributed by atoms with Crippen molar-refractivity contribution in [2.24, 2.45) is 10.7 Å². The van der Waals surface area contributed by atoms with Crippen LogP contribution < -0.4 is 16.0 Å². The maximum absolute atomic E-state index is 6.01. The quantitative estimate of drug-likeness (QED) is 0.670. The van der Waals surface area contributed by atoms with Gasteiger partial charge in [0, 0.05) is 25.0 Å². The molecule has 2 heterocycles. The highest BCUT2D eigenvalue weighted by atomic mass is 15.2. The van der Waals surface area contributed by atoms with Crippen molar-refractivity contribution in [3.63, 3.8) is 0 Å². The zero-order valence-corrected chi connectivity index (χ0v) is 14.4. The van der Waals surface area contributed by atoms with Gasteiger partial charge >= 0.3 is 0 Å². The van der Waals surface area contributed by atoms with E-state index in [1.807, 2.05) is 18.3 Å². The lowest BCUT2D eigenvalue weighted by atomic mass is 10.1. The molecule has 0 spiro atoms. The standard InChI is InChI=1S/C19H25N5/c1-14-5-6-17(11-15(14)2)23-19(20)22-13-16-7-8-21-18(12-16)24-9-3-4-10-24/h5-8,11-12H,3-4,9-10,13H2,1-2H3,(H3,20,22,23). The third-order valence-corrected chi connectivity index (χ3v) is 4.45. The molecule has 5 heteroatoms. The van der Waals surface area contributed by atoms with Crippen molar-refractivity contribution in [3.8, 4) is 0 Å². The first-order valence-corrected chi connectivity index (χ1v) is 8.46. The van der Waals surface area contributed by atoms with Crippen molar-refractivity contribution in [2.45, 2.75) is 33.2 Å². The van der Waals surface area contributed by atoms with Crippen molar-refractivity contribution in [1.29, 1.82) is 0 Å². The molecular weight excluding hydrogens is 298 g/mol. The Bertz CT molecular complexity index is 732. The van der Waals surface area contributed by atoms with Crippen LogP contribution in [0.4, 0.5) is 11.5 Å². The molecule has 3 rings (SSSR count). The van der Waals surface area contributed by atoms with Gasteiger partial charge in [0.15, 0.2) is 5.96 Å². The summed E-state index contributed by atoms with van der Waals surface area (Å²) in [4.78, 5) is 11.2. The lowest BCUT2D eigenvalue weighted by Crippen LogP contribution is -2.22. The molecule has 1 aromatic carbocycles. The molecule has 0 radical (unpaired) electrons. The molecule has 2 aromatic rings. The van der Waals surface area contributed by atoms with Crippen molar-refractivity contribution < 1.29 is 0 Å². The summed E-state index contributed by atoms with van der Waals surface area (Å²) >= 11 is 0. The number of rotatable bonds is 4. The Kier molecular flexibility index (Phi) is 4.99. The van der Waals surface area contributed by atoms with Gasteiger partial charge in [-0.3, -0.25) is 0 Å². The summed E-state index contributed by atoms with van der Waals surface area (Å²) in [5, 5.41) is 3.15. The molecule has 1 aliphatic heterocycles. The van der Waals surface area contributed by atoms with Gasteiger partial charge in [0.2, 0.25) is 0 Å². The Hall–Kier alpha value is -2.56. The molecule has 0 amide bonds. The van der Waals surface area contributed by atoms with Crippen LogP contribution in [0.3, 0.4) is 0 Å². The second kappa shape index (κ2) is 7.34. The molecule has 1 aliphatic rings. The molecule has 5 nitrogen and oxygen atoms in total. The summed E-state index contributed by atoms with van der Waals surface area (Å²) in [7, 11) is 0. The van der Waals surface area contributed by atoms with Gasteiger partial charge in [0.1, 0.15) is 5.82 Å². The Morgan fingerprint density at radius 1 is 1.17 bits per heavy atom. The lowest BCUT2D eigenvalue weighted by molar-refractivity contribution is 0.928. The normalized spacial score (nSPS) is 14.9. The molecule has 0 bridgehead atoms. The van der Waals surface area contributed by atoms with E-state index >= 15 is 0 Å². The first-order valence-electron chi connectivity index (χ1n) is 8.46. The third kappa shape index (κ3) is 4.04. The van der Waals surface area contributed by atoms with Crippen LogP contribution in [0.15, 0.2) is 41.5 Å². The average molecular weight is 323 g/mol. The van der Waals surface area contributed by atoms with E-state index in [9.17, 15) is 0 Å². The SMILES string of the molecule is Cc1ccc(NC(N)=NCc2ccnc(N3CCCC3)c2)cc1C. The highest BCUT2D eigenvalue weighted by molar-refractivity contribution is 5.92. The van der Waals surface area contributed by atoms with Crippen molar-refractivity contribution in [2.75, 3.05) is 23.3 Å². The van der Waals surface area contributed by atoms with Crippen molar-refractivity contribution in [1.82, 2.24) is 4.98 Å². The van der Waals surface area contributed by atoms with Gasteiger partial charge < -0.3 is 16.0 Å². The van der Waals surface area contributed by atoms with Gasteiger partial charge in [0.05, 0.1) is 6.54 Å². The number of nitrogens with zero attached hydrogens (tertiary/aromatic N) is 3. The number of aromatic nitrogens is 1. The minimum atomic E-state index is 0.429. The van der Waals surface area contributed by atoms with E-state index < -0.39 is 0 Å². The number of aliphatic imine (C=N–C) groups is 1. The average Bonchev–Trinajstić information content (AvgIpc) is 3.11. The number of pyridine rings is 1. The molecule has 3 N–H and O–H groups in total. The topological polar surface area (TPSA) is 66.5 Å². The van der Waals surface area contributed by atoms with Gasteiger partial charge in [-0.2, -0.15) is 0 Å². The summed E-state index contributed by atoms with van der Waals surface area (Å²) in [6, 6.07) is 10.3. The second-order valence-corrected chi connectivity index (χ2v) is 6.34. The monoisotopic (exact) mass is 323 g/mol. The van der Waals surface area contributed by atoms with E-state index in [1.165, 1.54) is 24.0 Å². The fraction of sp³-hybridized carbons (Fsp3) is 0.368. The van der Waals surface area contributed by atoms with E-state index in [0.717, 1.165) is 30.2 Å². The zero-order valence-electron chi connectivity index (χ0n) is 14.4. The maximum atomic E-state index is 6.01. The molecule has 126 valence electrons. The molecular formula is C19H25N5. The van der Waals surface area contributed by atoms with Crippen LogP contribution in [-0.2, 0) is 6.54 Å². The van der Waals surface area contributed by atoms with Gasteiger partial charge in [-0.15, -0.1) is 0 Å². The van der Waals surface area contributed by atoms with Gasteiger partial charge in [-0.05, 0) is 67.6 Å². The molecule has 0 unspecified atom stereocenters. The molecule has 0 aliphatic carbocycles. The van der Waals surface area contributed by atoms with Crippen LogP contribution in [0.25, 0.3) is 0 Å². The van der Waals surface area contributed by atoms with E-state index in [1.54, 1.807) is 0 Å². The first kappa shape index (κ1) is 16.3. The van der Waals surface area contributed by atoms with E-state index in [0.29, 0.717) is 12.5 Å². The first-order chi connectivity index (χ1) is 11.6. The number of anilines is 2. The fourth-order valence-corrected chi connectivity index (χ4v) is 2.86. The van der Waals surface area contributed by atoms with Crippen molar-refractivity contribution >= 4 is 17.5 Å². The minimum Gasteiger partial charge on any atom is -0.370 e.